The van der Waals surface area contributed by atoms with Crippen molar-refractivity contribution in [2.24, 2.45) is 11.8 Å². The van der Waals surface area contributed by atoms with Gasteiger partial charge in [-0.15, -0.1) is 24.8 Å². The van der Waals surface area contributed by atoms with E-state index in [0.717, 1.165) is 42.8 Å². The summed E-state index contributed by atoms with van der Waals surface area (Å²) in [6.45, 7) is 6.38. The zero-order valence-corrected chi connectivity index (χ0v) is 19.0. The number of fused-ring (bicyclic) bond motifs is 2. The number of likely N-dealkylation sites (tertiary alicyclic amines) is 2. The number of rotatable bonds is 3. The molecule has 3 aromatic rings. The molecular weight excluding hydrogens is 417 g/mol. The van der Waals surface area contributed by atoms with Gasteiger partial charge in [-0.05, 0) is 49.1 Å². The van der Waals surface area contributed by atoms with Crippen molar-refractivity contribution in [2.75, 3.05) is 26.7 Å². The number of aromatic nitrogens is 1. The van der Waals surface area contributed by atoms with Crippen molar-refractivity contribution in [1.29, 1.82) is 0 Å². The van der Waals surface area contributed by atoms with Crippen LogP contribution < -0.4 is 5.43 Å². The lowest BCUT2D eigenvalue weighted by atomic mass is 9.88. The lowest BCUT2D eigenvalue weighted by Gasteiger charge is -2.28. The summed E-state index contributed by atoms with van der Waals surface area (Å²) < 4.78 is 0. The normalized spacial score (nSPS) is 23.7. The molecule has 160 valence electrons. The first kappa shape index (κ1) is 22.8. The Morgan fingerprint density at radius 1 is 1.00 bits per heavy atom. The Hall–Kier alpha value is -1.85. The topological polar surface area (TPSA) is 39.3 Å². The molecule has 2 aromatic carbocycles. The molecule has 2 saturated heterocycles. The van der Waals surface area contributed by atoms with Gasteiger partial charge in [0.15, 0.2) is 5.43 Å². The molecule has 0 radical (unpaired) electrons. The van der Waals surface area contributed by atoms with Crippen LogP contribution in [-0.2, 0) is 6.54 Å². The number of para-hydroxylation sites is 1. The van der Waals surface area contributed by atoms with E-state index in [1.54, 1.807) is 6.07 Å². The number of aromatic amines is 1. The zero-order chi connectivity index (χ0) is 19.3. The Bertz CT molecular complexity index is 1080. The molecule has 0 saturated carbocycles. The minimum Gasteiger partial charge on any atom is -0.357 e. The minimum absolute atomic E-state index is 0. The van der Waals surface area contributed by atoms with Crippen LogP contribution in [-0.4, -0.2) is 41.5 Å². The first-order valence-electron chi connectivity index (χ1n) is 10.2. The summed E-state index contributed by atoms with van der Waals surface area (Å²) in [6, 6.07) is 18.9. The van der Waals surface area contributed by atoms with Crippen molar-refractivity contribution >= 4 is 35.7 Å². The molecule has 1 aromatic heterocycles. The van der Waals surface area contributed by atoms with Gasteiger partial charge in [-0.2, -0.15) is 0 Å². The highest BCUT2D eigenvalue weighted by molar-refractivity contribution is 5.85. The van der Waals surface area contributed by atoms with Crippen molar-refractivity contribution in [3.63, 3.8) is 0 Å². The molecule has 30 heavy (non-hydrogen) atoms. The summed E-state index contributed by atoms with van der Waals surface area (Å²) in [5.74, 6) is 1.35. The maximum atomic E-state index is 12.4. The quantitative estimate of drug-likeness (QED) is 0.648. The fourth-order valence-corrected chi connectivity index (χ4v) is 5.44. The van der Waals surface area contributed by atoms with E-state index in [9.17, 15) is 4.79 Å². The zero-order valence-electron chi connectivity index (χ0n) is 17.4. The van der Waals surface area contributed by atoms with Gasteiger partial charge < -0.3 is 4.98 Å². The Morgan fingerprint density at radius 2 is 1.73 bits per heavy atom. The Kier molecular flexibility index (Phi) is 6.93. The molecule has 0 aliphatic carbocycles. The van der Waals surface area contributed by atoms with Crippen LogP contribution in [0.1, 0.15) is 22.9 Å². The smallest absolute Gasteiger partial charge is 0.189 e. The lowest BCUT2D eigenvalue weighted by molar-refractivity contribution is 0.223. The number of H-pyrrole nitrogens is 1. The van der Waals surface area contributed by atoms with Gasteiger partial charge in [0.25, 0.3) is 0 Å². The van der Waals surface area contributed by atoms with Gasteiger partial charge in [-0.1, -0.05) is 36.4 Å². The molecule has 0 bridgehead atoms. The third-order valence-electron chi connectivity index (χ3n) is 6.66. The highest BCUT2D eigenvalue weighted by Gasteiger charge is 2.46. The van der Waals surface area contributed by atoms with Gasteiger partial charge in [0.05, 0.1) is 0 Å². The second-order valence-corrected chi connectivity index (χ2v) is 8.56. The molecule has 0 amide bonds. The first-order valence-corrected chi connectivity index (χ1v) is 10.2. The van der Waals surface area contributed by atoms with E-state index in [2.05, 4.69) is 53.0 Å². The second-order valence-electron chi connectivity index (χ2n) is 8.56. The van der Waals surface area contributed by atoms with Crippen molar-refractivity contribution in [3.05, 3.63) is 81.6 Å². The average molecular weight is 446 g/mol. The van der Waals surface area contributed by atoms with E-state index in [-0.39, 0.29) is 30.2 Å². The van der Waals surface area contributed by atoms with Gasteiger partial charge in [-0.3, -0.25) is 14.6 Å². The lowest BCUT2D eigenvalue weighted by Crippen LogP contribution is -2.29. The largest absolute Gasteiger partial charge is 0.357 e. The third kappa shape index (κ3) is 4.02. The summed E-state index contributed by atoms with van der Waals surface area (Å²) in [6.07, 6.45) is 0. The molecule has 2 aliphatic rings. The minimum atomic E-state index is 0. The maximum absolute atomic E-state index is 12.4. The molecule has 0 unspecified atom stereocenters. The monoisotopic (exact) mass is 445 g/mol. The van der Waals surface area contributed by atoms with Crippen molar-refractivity contribution in [1.82, 2.24) is 14.8 Å². The highest BCUT2D eigenvalue weighted by Crippen LogP contribution is 2.45. The molecule has 0 spiro atoms. The number of aryl methyl sites for hydroxylation is 1. The number of nitrogens with one attached hydrogen (secondary N) is 1. The second kappa shape index (κ2) is 9.11. The Labute approximate surface area is 190 Å². The van der Waals surface area contributed by atoms with Gasteiger partial charge in [0.1, 0.15) is 0 Å². The molecular formula is C24H29Cl2N3O. The van der Waals surface area contributed by atoms with E-state index in [4.69, 9.17) is 0 Å². The number of nitrogens with zero attached hydrogens (tertiary/aromatic N) is 2. The fraction of sp³-hybridized carbons (Fsp3) is 0.375. The predicted octanol–water partition coefficient (Wildman–Crippen LogP) is 4.41. The molecule has 1 N–H and O–H groups in total. The average Bonchev–Trinajstić information content (AvgIpc) is 3.18. The molecule has 3 atom stereocenters. The Balaban J connectivity index is 0.00000128. The SMILES string of the molecule is Cc1ccccc1[C@@H]1[C@@H]2CN(Cc3cc(=O)c4ccccc4[nH]3)C[C@@H]2CN1C.Cl.Cl. The number of pyridine rings is 1. The van der Waals surface area contributed by atoms with Crippen LogP contribution in [0.15, 0.2) is 59.4 Å². The summed E-state index contributed by atoms with van der Waals surface area (Å²) in [5, 5.41) is 0.769. The Morgan fingerprint density at radius 3 is 2.53 bits per heavy atom. The van der Waals surface area contributed by atoms with Crippen LogP contribution >= 0.6 is 24.8 Å². The van der Waals surface area contributed by atoms with Crippen LogP contribution in [0.2, 0.25) is 0 Å². The van der Waals surface area contributed by atoms with E-state index >= 15 is 0 Å². The van der Waals surface area contributed by atoms with Crippen LogP contribution in [0.5, 0.6) is 0 Å². The van der Waals surface area contributed by atoms with Gasteiger partial charge in [-0.25, -0.2) is 0 Å². The van der Waals surface area contributed by atoms with E-state index in [0.29, 0.717) is 17.9 Å². The first-order chi connectivity index (χ1) is 13.6. The van der Waals surface area contributed by atoms with Gasteiger partial charge in [0.2, 0.25) is 0 Å². The van der Waals surface area contributed by atoms with Gasteiger partial charge in [0, 0.05) is 54.9 Å². The maximum Gasteiger partial charge on any atom is 0.189 e. The van der Waals surface area contributed by atoms with E-state index in [1.807, 2.05) is 24.3 Å². The predicted molar refractivity (Wildman–Crippen MR) is 128 cm³/mol. The van der Waals surface area contributed by atoms with Crippen LogP contribution in [0.4, 0.5) is 0 Å². The standard InChI is InChI=1S/C24H27N3O.2ClH/c1-16-7-3-4-8-19(16)24-21-15-27(13-17(21)12-26(24)2)14-18-11-23(28)20-9-5-6-10-22(20)25-18;;/h3-11,17,21,24H,12-15H2,1-2H3,(H,25,28);2*1H/t17-,21+,24+;;/m0../s1. The fourth-order valence-electron chi connectivity index (χ4n) is 5.44. The van der Waals surface area contributed by atoms with E-state index < -0.39 is 0 Å². The molecule has 2 aliphatic heterocycles. The summed E-state index contributed by atoms with van der Waals surface area (Å²) in [4.78, 5) is 21.0. The highest BCUT2D eigenvalue weighted by atomic mass is 35.5. The van der Waals surface area contributed by atoms with Gasteiger partial charge >= 0.3 is 0 Å². The van der Waals surface area contributed by atoms with Crippen LogP contribution in [0.3, 0.4) is 0 Å². The number of halogens is 2. The number of hydrogen-bond acceptors (Lipinski definition) is 3. The molecule has 4 nitrogen and oxygen atoms in total. The molecule has 3 heterocycles. The molecule has 6 heteroatoms. The van der Waals surface area contributed by atoms with Crippen molar-refractivity contribution < 1.29 is 0 Å². The molecule has 2 fully saturated rings. The molecule has 5 rings (SSSR count). The summed E-state index contributed by atoms with van der Waals surface area (Å²) >= 11 is 0. The van der Waals surface area contributed by atoms with E-state index in [1.165, 1.54) is 11.1 Å². The van der Waals surface area contributed by atoms with Crippen LogP contribution in [0, 0.1) is 18.8 Å². The summed E-state index contributed by atoms with van der Waals surface area (Å²) in [5.41, 5.74) is 4.92. The van der Waals surface area contributed by atoms with Crippen molar-refractivity contribution in [3.8, 4) is 0 Å². The number of hydrogen-bond donors (Lipinski definition) is 1. The van der Waals surface area contributed by atoms with Crippen LogP contribution in [0.25, 0.3) is 10.9 Å². The summed E-state index contributed by atoms with van der Waals surface area (Å²) in [7, 11) is 2.26. The van der Waals surface area contributed by atoms with Crippen molar-refractivity contribution in [2.45, 2.75) is 19.5 Å². The number of benzene rings is 2. The third-order valence-corrected chi connectivity index (χ3v) is 6.66.